The van der Waals surface area contributed by atoms with Crippen molar-refractivity contribution < 1.29 is 0 Å². The third kappa shape index (κ3) is 2.20. The van der Waals surface area contributed by atoms with Crippen LogP contribution >= 0.6 is 0 Å². The summed E-state index contributed by atoms with van der Waals surface area (Å²) in [6.45, 7) is 0. The van der Waals surface area contributed by atoms with Gasteiger partial charge in [-0.1, -0.05) is 6.08 Å². The summed E-state index contributed by atoms with van der Waals surface area (Å²) in [7, 11) is 0. The van der Waals surface area contributed by atoms with E-state index in [1.54, 1.807) is 0 Å². The van der Waals surface area contributed by atoms with Crippen molar-refractivity contribution in [3.05, 3.63) is 66.3 Å². The van der Waals surface area contributed by atoms with Gasteiger partial charge in [-0.05, 0) is 48.8 Å². The molecule has 18 heavy (non-hydrogen) atoms. The lowest BCUT2D eigenvalue weighted by Crippen LogP contribution is -2.52. The Morgan fingerprint density at radius 3 is 2.89 bits per heavy atom. The second kappa shape index (κ2) is 4.40. The molecule has 0 aliphatic carbocycles. The first-order valence-corrected chi connectivity index (χ1v) is 6.08. The summed E-state index contributed by atoms with van der Waals surface area (Å²) >= 11 is 0. The average Bonchev–Trinajstić information content (AvgIpc) is 2.74. The van der Waals surface area contributed by atoms with E-state index in [2.05, 4.69) is 16.5 Å². The van der Waals surface area contributed by atoms with Crippen LogP contribution in [0.5, 0.6) is 0 Å². The van der Waals surface area contributed by atoms with Crippen LogP contribution in [0.1, 0.15) is 12.0 Å². The number of rotatable bonds is 3. The van der Waals surface area contributed by atoms with Crippen LogP contribution in [-0.2, 0) is 6.42 Å². The Hall–Kier alpha value is -1.91. The number of hydrogen-bond acceptors (Lipinski definition) is 4. The van der Waals surface area contributed by atoms with Gasteiger partial charge in [0.25, 0.3) is 0 Å². The number of hydrazine groups is 1. The highest BCUT2D eigenvalue weighted by Crippen LogP contribution is 2.24. The smallest absolute Gasteiger partial charge is 0.106 e. The minimum atomic E-state index is -0.475. The maximum Gasteiger partial charge on any atom is 0.106 e. The first kappa shape index (κ1) is 11.2. The van der Waals surface area contributed by atoms with E-state index in [0.717, 1.165) is 18.5 Å². The average molecular weight is 240 g/mol. The van der Waals surface area contributed by atoms with E-state index >= 15 is 0 Å². The van der Waals surface area contributed by atoms with Gasteiger partial charge in [-0.3, -0.25) is 9.99 Å². The number of aryl methyl sites for hydroxylation is 1. The van der Waals surface area contributed by atoms with Crippen molar-refractivity contribution >= 4 is 0 Å². The van der Waals surface area contributed by atoms with Crippen LogP contribution in [0.3, 0.4) is 0 Å². The number of nitrogens with two attached hydrogens (primary N) is 1. The Bertz CT molecular complexity index is 518. The molecule has 3 heterocycles. The van der Waals surface area contributed by atoms with Gasteiger partial charge in [0.15, 0.2) is 0 Å². The van der Waals surface area contributed by atoms with Crippen molar-refractivity contribution in [3.8, 4) is 0 Å². The third-order valence-corrected chi connectivity index (χ3v) is 3.20. The molecule has 3 rings (SSSR count). The zero-order valence-corrected chi connectivity index (χ0v) is 10.1. The van der Waals surface area contributed by atoms with Crippen LogP contribution in [0, 0.1) is 0 Å². The summed E-state index contributed by atoms with van der Waals surface area (Å²) in [6, 6.07) is 4.05. The first-order chi connectivity index (χ1) is 8.75. The number of pyridine rings is 1. The molecule has 0 radical (unpaired) electrons. The summed E-state index contributed by atoms with van der Waals surface area (Å²) in [5, 5.41) is 1.96. The second-order valence-electron chi connectivity index (χ2n) is 4.65. The molecule has 2 aliphatic heterocycles. The van der Waals surface area contributed by atoms with E-state index < -0.39 is 5.66 Å². The van der Waals surface area contributed by atoms with Gasteiger partial charge in [-0.25, -0.2) is 5.43 Å². The molecule has 0 aromatic carbocycles. The Kier molecular flexibility index (Phi) is 2.74. The van der Waals surface area contributed by atoms with Crippen LogP contribution in [0.2, 0.25) is 0 Å². The highest BCUT2D eigenvalue weighted by Gasteiger charge is 2.31. The molecule has 2 aliphatic rings. The number of nitrogens with one attached hydrogen (secondary N) is 1. The van der Waals surface area contributed by atoms with Crippen molar-refractivity contribution in [2.24, 2.45) is 5.73 Å². The Morgan fingerprint density at radius 2 is 2.11 bits per heavy atom. The van der Waals surface area contributed by atoms with Crippen molar-refractivity contribution in [2.45, 2.75) is 18.5 Å². The van der Waals surface area contributed by atoms with E-state index in [9.17, 15) is 0 Å². The molecule has 3 N–H and O–H groups in total. The number of aromatic nitrogens is 1. The maximum absolute atomic E-state index is 6.35. The molecule has 1 unspecified atom stereocenters. The molecule has 0 amide bonds. The minimum Gasteiger partial charge on any atom is -0.309 e. The minimum absolute atomic E-state index is 0.475. The Balaban J connectivity index is 1.69. The molecule has 0 spiro atoms. The summed E-state index contributed by atoms with van der Waals surface area (Å²) < 4.78 is 0. The zero-order valence-electron chi connectivity index (χ0n) is 10.1. The fourth-order valence-electron chi connectivity index (χ4n) is 2.22. The van der Waals surface area contributed by atoms with Crippen molar-refractivity contribution in [2.75, 3.05) is 0 Å². The van der Waals surface area contributed by atoms with Gasteiger partial charge in [-0.2, -0.15) is 0 Å². The highest BCUT2D eigenvalue weighted by atomic mass is 15.6. The van der Waals surface area contributed by atoms with Gasteiger partial charge in [0.1, 0.15) is 5.66 Å². The van der Waals surface area contributed by atoms with Crippen LogP contribution in [0.4, 0.5) is 0 Å². The van der Waals surface area contributed by atoms with E-state index in [0.29, 0.717) is 0 Å². The lowest BCUT2D eigenvalue weighted by atomic mass is 10.0. The topological polar surface area (TPSA) is 54.2 Å². The number of fused-ring (bicyclic) bond motifs is 1. The molecule has 1 atom stereocenters. The summed E-state index contributed by atoms with van der Waals surface area (Å²) in [4.78, 5) is 4.02. The highest BCUT2D eigenvalue weighted by molar-refractivity contribution is 5.33. The quantitative estimate of drug-likeness (QED) is 0.839. The van der Waals surface area contributed by atoms with Crippen LogP contribution in [0.25, 0.3) is 0 Å². The number of nitrogens with zero attached hydrogens (tertiary/aromatic N) is 2. The van der Waals surface area contributed by atoms with Gasteiger partial charge < -0.3 is 5.73 Å². The first-order valence-electron chi connectivity index (χ1n) is 6.08. The number of hydrogen-bond donors (Lipinski definition) is 2. The molecule has 1 aromatic rings. The molecule has 1 aromatic heterocycles. The molecule has 0 bridgehead atoms. The molecular weight excluding hydrogens is 224 g/mol. The lowest BCUT2D eigenvalue weighted by molar-refractivity contribution is 0.262. The fraction of sp³-hybridized carbons (Fsp3) is 0.214. The molecule has 92 valence electrons. The summed E-state index contributed by atoms with van der Waals surface area (Å²) in [6.07, 6.45) is 15.5. The predicted octanol–water partition coefficient (Wildman–Crippen LogP) is 1.46. The van der Waals surface area contributed by atoms with E-state index in [1.165, 1.54) is 5.56 Å². The standard InChI is InChI=1S/C14H16N4/c15-14(7-4-12-5-8-16-9-6-12)11-13-3-1-2-10-18(13)17-14/h1-3,5-6,8-11,17H,4,7,15H2. The van der Waals surface area contributed by atoms with E-state index in [4.69, 9.17) is 5.73 Å². The molecule has 0 saturated heterocycles. The summed E-state index contributed by atoms with van der Waals surface area (Å²) in [5.74, 6) is 0. The van der Waals surface area contributed by atoms with Gasteiger partial charge in [-0.15, -0.1) is 0 Å². The second-order valence-corrected chi connectivity index (χ2v) is 4.65. The molecule has 4 heteroatoms. The SMILES string of the molecule is NC1(CCc2ccncc2)C=C2C=CC=CN2N1. The van der Waals surface area contributed by atoms with Crippen LogP contribution < -0.4 is 11.2 Å². The van der Waals surface area contributed by atoms with Gasteiger partial charge in [0.05, 0.1) is 5.70 Å². The van der Waals surface area contributed by atoms with Gasteiger partial charge in [0, 0.05) is 18.6 Å². The van der Waals surface area contributed by atoms with E-state index in [1.807, 2.05) is 54.0 Å². The molecule has 4 nitrogen and oxygen atoms in total. The Morgan fingerprint density at radius 1 is 1.28 bits per heavy atom. The fourth-order valence-corrected chi connectivity index (χ4v) is 2.22. The zero-order chi connectivity index (χ0) is 12.4. The van der Waals surface area contributed by atoms with Crippen molar-refractivity contribution in [1.82, 2.24) is 15.4 Å². The van der Waals surface area contributed by atoms with Crippen LogP contribution in [-0.4, -0.2) is 15.7 Å². The molecular formula is C14H16N4. The maximum atomic E-state index is 6.35. The normalized spacial score (nSPS) is 25.2. The monoisotopic (exact) mass is 240 g/mol. The lowest BCUT2D eigenvalue weighted by Gasteiger charge is -2.26. The van der Waals surface area contributed by atoms with Crippen LogP contribution in [0.15, 0.2) is 60.7 Å². The molecule has 0 fully saturated rings. The number of allylic oxidation sites excluding steroid dienone is 3. The predicted molar refractivity (Wildman–Crippen MR) is 70.8 cm³/mol. The van der Waals surface area contributed by atoms with Crippen molar-refractivity contribution in [1.29, 1.82) is 0 Å². The van der Waals surface area contributed by atoms with Gasteiger partial charge >= 0.3 is 0 Å². The summed E-state index contributed by atoms with van der Waals surface area (Å²) in [5.41, 5.74) is 11.5. The Labute approximate surface area is 106 Å². The third-order valence-electron chi connectivity index (χ3n) is 3.20. The van der Waals surface area contributed by atoms with Crippen molar-refractivity contribution in [3.63, 3.8) is 0 Å². The van der Waals surface area contributed by atoms with Gasteiger partial charge in [0.2, 0.25) is 0 Å². The van der Waals surface area contributed by atoms with E-state index in [-0.39, 0.29) is 0 Å². The molecule has 0 saturated carbocycles. The largest absolute Gasteiger partial charge is 0.309 e.